The molecule has 1 heterocycles. The summed E-state index contributed by atoms with van der Waals surface area (Å²) in [4.78, 5) is 12.5. The lowest BCUT2D eigenvalue weighted by molar-refractivity contribution is -0.138. The number of carboxylic acids is 1. The second-order valence-corrected chi connectivity index (χ2v) is 3.90. The van der Waals surface area contributed by atoms with Crippen molar-refractivity contribution in [2.75, 3.05) is 13.1 Å². The molecular weight excluding hydrogens is 154 g/mol. The smallest absolute Gasteiger partial charge is 0.317 e. The van der Waals surface area contributed by atoms with E-state index in [2.05, 4.69) is 20.8 Å². The highest BCUT2D eigenvalue weighted by Gasteiger charge is 2.33. The molecule has 3 unspecified atom stereocenters. The molecule has 0 aromatic heterocycles. The first-order valence-corrected chi connectivity index (χ1v) is 4.48. The fraction of sp³-hybridized carbons (Fsp3) is 0.889. The molecule has 1 N–H and O–H groups in total. The molecule has 3 heteroatoms. The summed E-state index contributed by atoms with van der Waals surface area (Å²) in [6, 6.07) is 0.413. The summed E-state index contributed by atoms with van der Waals surface area (Å²) in [5, 5.41) is 8.62. The Morgan fingerprint density at radius 2 is 2.08 bits per heavy atom. The molecule has 1 rings (SSSR count). The van der Waals surface area contributed by atoms with Crippen LogP contribution in [-0.2, 0) is 4.79 Å². The van der Waals surface area contributed by atoms with Gasteiger partial charge >= 0.3 is 5.97 Å². The Labute approximate surface area is 73.4 Å². The number of rotatable bonds is 2. The van der Waals surface area contributed by atoms with Crippen molar-refractivity contribution < 1.29 is 9.90 Å². The van der Waals surface area contributed by atoms with E-state index in [9.17, 15) is 4.79 Å². The van der Waals surface area contributed by atoms with Crippen molar-refractivity contribution >= 4 is 5.97 Å². The Morgan fingerprint density at radius 1 is 1.50 bits per heavy atom. The lowest BCUT2D eigenvalue weighted by Gasteiger charge is -2.20. The van der Waals surface area contributed by atoms with Crippen molar-refractivity contribution in [3.05, 3.63) is 0 Å². The molecule has 0 bridgehead atoms. The van der Waals surface area contributed by atoms with Gasteiger partial charge in [0.1, 0.15) is 0 Å². The maximum Gasteiger partial charge on any atom is 0.317 e. The molecule has 0 aliphatic carbocycles. The summed E-state index contributed by atoms with van der Waals surface area (Å²) < 4.78 is 0. The van der Waals surface area contributed by atoms with Crippen LogP contribution in [0.1, 0.15) is 20.8 Å². The lowest BCUT2D eigenvalue weighted by Crippen LogP contribution is -2.34. The van der Waals surface area contributed by atoms with Crippen molar-refractivity contribution in [3.63, 3.8) is 0 Å². The van der Waals surface area contributed by atoms with E-state index in [0.29, 0.717) is 17.9 Å². The van der Waals surface area contributed by atoms with E-state index in [-0.39, 0.29) is 6.54 Å². The Balaban J connectivity index is 2.52. The van der Waals surface area contributed by atoms with Crippen LogP contribution in [0.3, 0.4) is 0 Å². The topological polar surface area (TPSA) is 40.5 Å². The van der Waals surface area contributed by atoms with Gasteiger partial charge in [0, 0.05) is 12.6 Å². The molecule has 0 radical (unpaired) electrons. The van der Waals surface area contributed by atoms with Gasteiger partial charge in [0.15, 0.2) is 0 Å². The standard InChI is InChI=1S/C9H17NO2/c1-6-4-10(5-9(11)12)8(3)7(6)2/h6-8H,4-5H2,1-3H3,(H,11,12). The summed E-state index contributed by atoms with van der Waals surface area (Å²) in [5.41, 5.74) is 0. The molecule has 0 amide bonds. The molecule has 1 aliphatic heterocycles. The van der Waals surface area contributed by atoms with Gasteiger partial charge in [-0.2, -0.15) is 0 Å². The quantitative estimate of drug-likeness (QED) is 0.675. The second-order valence-electron chi connectivity index (χ2n) is 3.90. The Morgan fingerprint density at radius 3 is 2.42 bits per heavy atom. The van der Waals surface area contributed by atoms with Gasteiger partial charge < -0.3 is 5.11 Å². The van der Waals surface area contributed by atoms with Gasteiger partial charge in [-0.15, -0.1) is 0 Å². The van der Waals surface area contributed by atoms with Crippen LogP contribution < -0.4 is 0 Å². The molecule has 0 spiro atoms. The third-order valence-electron chi connectivity index (χ3n) is 3.10. The SMILES string of the molecule is CC1CN(CC(=O)O)C(C)C1C. The molecule has 1 saturated heterocycles. The number of carbonyl (C=O) groups is 1. The summed E-state index contributed by atoms with van der Waals surface area (Å²) >= 11 is 0. The van der Waals surface area contributed by atoms with Crippen molar-refractivity contribution in [2.24, 2.45) is 11.8 Å². The third kappa shape index (κ3) is 1.78. The first-order chi connectivity index (χ1) is 5.52. The van der Waals surface area contributed by atoms with Crippen LogP contribution in [-0.4, -0.2) is 35.1 Å². The highest BCUT2D eigenvalue weighted by Crippen LogP contribution is 2.28. The van der Waals surface area contributed by atoms with Crippen molar-refractivity contribution in [2.45, 2.75) is 26.8 Å². The highest BCUT2D eigenvalue weighted by atomic mass is 16.4. The van der Waals surface area contributed by atoms with Gasteiger partial charge in [0.05, 0.1) is 6.54 Å². The van der Waals surface area contributed by atoms with Gasteiger partial charge in [0.2, 0.25) is 0 Å². The van der Waals surface area contributed by atoms with Gasteiger partial charge in [-0.05, 0) is 18.8 Å². The van der Waals surface area contributed by atoms with Crippen LogP contribution >= 0.6 is 0 Å². The molecule has 12 heavy (non-hydrogen) atoms. The molecule has 3 atom stereocenters. The first-order valence-electron chi connectivity index (χ1n) is 4.48. The van der Waals surface area contributed by atoms with Crippen LogP contribution in [0.4, 0.5) is 0 Å². The van der Waals surface area contributed by atoms with Crippen LogP contribution in [0, 0.1) is 11.8 Å². The summed E-state index contributed by atoms with van der Waals surface area (Å²) in [5.74, 6) is 0.520. The number of nitrogens with zero attached hydrogens (tertiary/aromatic N) is 1. The lowest BCUT2D eigenvalue weighted by atomic mass is 9.95. The summed E-state index contributed by atoms with van der Waals surface area (Å²) in [6.07, 6.45) is 0. The predicted octanol–water partition coefficient (Wildman–Crippen LogP) is 1.05. The number of likely N-dealkylation sites (tertiary alicyclic amines) is 1. The fourth-order valence-corrected chi connectivity index (χ4v) is 1.89. The average molecular weight is 171 g/mol. The number of aliphatic carboxylic acids is 1. The van der Waals surface area contributed by atoms with Crippen molar-refractivity contribution in [1.82, 2.24) is 4.90 Å². The fourth-order valence-electron chi connectivity index (χ4n) is 1.89. The zero-order valence-corrected chi connectivity index (χ0v) is 7.95. The minimum atomic E-state index is -0.719. The Hall–Kier alpha value is -0.570. The molecule has 0 saturated carbocycles. The Bertz CT molecular complexity index is 181. The van der Waals surface area contributed by atoms with Crippen LogP contribution in [0.15, 0.2) is 0 Å². The van der Waals surface area contributed by atoms with Crippen LogP contribution in [0.5, 0.6) is 0 Å². The second kappa shape index (κ2) is 3.44. The number of carboxylic acid groups (broad SMARTS) is 1. The average Bonchev–Trinajstić information content (AvgIpc) is 2.17. The van der Waals surface area contributed by atoms with Crippen molar-refractivity contribution in [3.8, 4) is 0 Å². The maximum absolute atomic E-state index is 10.5. The van der Waals surface area contributed by atoms with Gasteiger partial charge in [-0.3, -0.25) is 9.69 Å². The minimum Gasteiger partial charge on any atom is -0.480 e. The van der Waals surface area contributed by atoms with E-state index in [1.54, 1.807) is 0 Å². The molecule has 3 nitrogen and oxygen atoms in total. The summed E-state index contributed by atoms with van der Waals surface area (Å²) in [7, 11) is 0. The highest BCUT2D eigenvalue weighted by molar-refractivity contribution is 5.69. The van der Waals surface area contributed by atoms with E-state index in [1.807, 2.05) is 4.90 Å². The van der Waals surface area contributed by atoms with Crippen molar-refractivity contribution in [1.29, 1.82) is 0 Å². The van der Waals surface area contributed by atoms with E-state index in [0.717, 1.165) is 6.54 Å². The van der Waals surface area contributed by atoms with Crippen LogP contribution in [0.25, 0.3) is 0 Å². The van der Waals surface area contributed by atoms with Crippen LogP contribution in [0.2, 0.25) is 0 Å². The van der Waals surface area contributed by atoms with E-state index < -0.39 is 5.97 Å². The molecule has 70 valence electrons. The Kier molecular flexibility index (Phi) is 2.73. The number of hydrogen-bond acceptors (Lipinski definition) is 2. The monoisotopic (exact) mass is 171 g/mol. The maximum atomic E-state index is 10.5. The molecular formula is C9H17NO2. The molecule has 0 aromatic rings. The van der Waals surface area contributed by atoms with E-state index >= 15 is 0 Å². The minimum absolute atomic E-state index is 0.190. The van der Waals surface area contributed by atoms with Gasteiger partial charge in [-0.25, -0.2) is 0 Å². The first kappa shape index (κ1) is 9.52. The van der Waals surface area contributed by atoms with Gasteiger partial charge in [0.25, 0.3) is 0 Å². The van der Waals surface area contributed by atoms with E-state index in [1.165, 1.54) is 0 Å². The molecule has 1 fully saturated rings. The third-order valence-corrected chi connectivity index (χ3v) is 3.10. The summed E-state index contributed by atoms with van der Waals surface area (Å²) in [6.45, 7) is 7.60. The zero-order chi connectivity index (χ0) is 9.30. The number of hydrogen-bond donors (Lipinski definition) is 1. The van der Waals surface area contributed by atoms with E-state index in [4.69, 9.17) is 5.11 Å². The normalized spacial score (nSPS) is 37.1. The largest absolute Gasteiger partial charge is 0.480 e. The zero-order valence-electron chi connectivity index (χ0n) is 7.95. The molecule has 1 aliphatic rings. The predicted molar refractivity (Wildman–Crippen MR) is 47.0 cm³/mol. The van der Waals surface area contributed by atoms with Gasteiger partial charge in [-0.1, -0.05) is 13.8 Å². The molecule has 0 aromatic carbocycles.